The quantitative estimate of drug-likeness (QED) is 0.388. The molecule has 0 aromatic rings. The number of nitrogens with one attached hydrogen (secondary N) is 3. The first-order valence-electron chi connectivity index (χ1n) is 7.41. The van der Waals surface area contributed by atoms with E-state index in [0.29, 0.717) is 13.1 Å². The molecule has 0 fully saturated rings. The highest BCUT2D eigenvalue weighted by Crippen LogP contribution is 2.30. The summed E-state index contributed by atoms with van der Waals surface area (Å²) >= 11 is 4.57. The Bertz CT molecular complexity index is 351. The molecule has 0 radical (unpaired) electrons. The van der Waals surface area contributed by atoms with Gasteiger partial charge in [-0.15, -0.1) is 0 Å². The van der Waals surface area contributed by atoms with E-state index in [1.165, 1.54) is 6.92 Å². The van der Waals surface area contributed by atoms with Gasteiger partial charge in [0.1, 0.15) is 0 Å². The van der Waals surface area contributed by atoms with Gasteiger partial charge in [0.05, 0.1) is 6.04 Å². The maximum Gasteiger partial charge on any atom is 0.315 e. The predicted molar refractivity (Wildman–Crippen MR) is 91.0 cm³/mol. The second-order valence-corrected chi connectivity index (χ2v) is 8.27. The van der Waals surface area contributed by atoms with Crippen molar-refractivity contribution in [1.82, 2.24) is 16.0 Å². The first kappa shape index (κ1) is 20.2. The summed E-state index contributed by atoms with van der Waals surface area (Å²) in [6.07, 6.45) is 1.00. The number of thiol groups is 1. The molecule has 0 rings (SSSR count). The molecule has 0 unspecified atom stereocenters. The Labute approximate surface area is 134 Å². The monoisotopic (exact) mass is 317 g/mol. The lowest BCUT2D eigenvalue weighted by Crippen LogP contribution is -2.46. The van der Waals surface area contributed by atoms with E-state index in [0.717, 1.165) is 13.0 Å². The molecule has 0 aliphatic rings. The van der Waals surface area contributed by atoms with Gasteiger partial charge in [0.25, 0.3) is 0 Å². The molecule has 0 aliphatic carbocycles. The lowest BCUT2D eigenvalue weighted by molar-refractivity contribution is -0.118. The van der Waals surface area contributed by atoms with Gasteiger partial charge in [-0.25, -0.2) is 4.79 Å². The Hall–Kier alpha value is -0.750. The van der Waals surface area contributed by atoms with Crippen LogP contribution in [-0.4, -0.2) is 42.2 Å². The Kier molecular flexibility index (Phi) is 8.33. The molecule has 1 atom stereocenters. The van der Waals surface area contributed by atoms with Crippen molar-refractivity contribution in [1.29, 1.82) is 0 Å². The first-order chi connectivity index (χ1) is 9.43. The van der Waals surface area contributed by atoms with Crippen molar-refractivity contribution in [3.63, 3.8) is 0 Å². The summed E-state index contributed by atoms with van der Waals surface area (Å²) in [6, 6.07) is -0.759. The lowest BCUT2D eigenvalue weighted by atomic mass is 9.83. The molecular weight excluding hydrogens is 286 g/mol. The van der Waals surface area contributed by atoms with Crippen molar-refractivity contribution in [2.24, 2.45) is 5.41 Å². The van der Waals surface area contributed by atoms with Crippen LogP contribution in [0, 0.1) is 5.41 Å². The minimum atomic E-state index is -0.450. The normalized spacial score (nSPS) is 13.7. The van der Waals surface area contributed by atoms with Crippen LogP contribution in [0.15, 0.2) is 0 Å². The number of urea groups is 1. The molecule has 6 heteroatoms. The van der Waals surface area contributed by atoms with Crippen LogP contribution in [0.3, 0.4) is 0 Å². The van der Waals surface area contributed by atoms with Crippen LogP contribution in [0.2, 0.25) is 0 Å². The van der Waals surface area contributed by atoms with E-state index in [2.05, 4.69) is 56.3 Å². The lowest BCUT2D eigenvalue weighted by Gasteiger charge is -2.32. The molecule has 0 spiro atoms. The van der Waals surface area contributed by atoms with E-state index in [1.807, 2.05) is 0 Å². The largest absolute Gasteiger partial charge is 0.337 e. The Morgan fingerprint density at radius 2 is 1.71 bits per heavy atom. The van der Waals surface area contributed by atoms with Crippen molar-refractivity contribution in [2.75, 3.05) is 19.6 Å². The van der Waals surface area contributed by atoms with Crippen molar-refractivity contribution in [2.45, 2.75) is 58.8 Å². The average Bonchev–Trinajstić information content (AvgIpc) is 2.24. The van der Waals surface area contributed by atoms with E-state index in [9.17, 15) is 9.59 Å². The van der Waals surface area contributed by atoms with E-state index < -0.39 is 6.04 Å². The van der Waals surface area contributed by atoms with Crippen LogP contribution in [0.5, 0.6) is 0 Å². The SMILES string of the molecule is CC(=O)[C@@H](C)NC(=O)NCCNCC(C)(C)CC(C)(C)S. The molecular formula is C15H31N3O2S. The van der Waals surface area contributed by atoms with Gasteiger partial charge in [-0.3, -0.25) is 4.79 Å². The summed E-state index contributed by atoms with van der Waals surface area (Å²) < 4.78 is 0.00610. The Morgan fingerprint density at radius 1 is 1.14 bits per heavy atom. The molecule has 2 amide bonds. The van der Waals surface area contributed by atoms with Gasteiger partial charge < -0.3 is 16.0 Å². The third kappa shape index (κ3) is 11.6. The van der Waals surface area contributed by atoms with Crippen molar-refractivity contribution in [3.05, 3.63) is 0 Å². The summed E-state index contributed by atoms with van der Waals surface area (Å²) in [5, 5.41) is 8.64. The maximum absolute atomic E-state index is 11.5. The van der Waals surface area contributed by atoms with Crippen LogP contribution in [0.4, 0.5) is 4.79 Å². The fraction of sp³-hybridized carbons (Fsp3) is 0.867. The highest BCUT2D eigenvalue weighted by Gasteiger charge is 2.25. The molecule has 0 aliphatic heterocycles. The third-order valence-electron chi connectivity index (χ3n) is 3.06. The van der Waals surface area contributed by atoms with Gasteiger partial charge in [0.15, 0.2) is 5.78 Å². The van der Waals surface area contributed by atoms with Crippen LogP contribution >= 0.6 is 12.6 Å². The maximum atomic E-state index is 11.5. The fourth-order valence-electron chi connectivity index (χ4n) is 2.27. The van der Waals surface area contributed by atoms with E-state index in [-0.39, 0.29) is 22.0 Å². The summed E-state index contributed by atoms with van der Waals surface area (Å²) in [5.41, 5.74) is 0.149. The second kappa shape index (κ2) is 8.63. The number of hydrogen-bond donors (Lipinski definition) is 4. The van der Waals surface area contributed by atoms with Gasteiger partial charge >= 0.3 is 6.03 Å². The summed E-state index contributed by atoms with van der Waals surface area (Å²) in [5.74, 6) is -0.0561. The van der Waals surface area contributed by atoms with E-state index in [4.69, 9.17) is 0 Å². The number of carbonyl (C=O) groups excluding carboxylic acids is 2. The van der Waals surface area contributed by atoms with Gasteiger partial charge in [-0.2, -0.15) is 12.6 Å². The highest BCUT2D eigenvalue weighted by molar-refractivity contribution is 7.81. The average molecular weight is 317 g/mol. The predicted octanol–water partition coefficient (Wildman–Crippen LogP) is 1.98. The minimum Gasteiger partial charge on any atom is -0.337 e. The molecule has 0 aromatic carbocycles. The number of rotatable bonds is 9. The Morgan fingerprint density at radius 3 is 2.19 bits per heavy atom. The molecule has 5 nitrogen and oxygen atoms in total. The number of carbonyl (C=O) groups is 2. The number of hydrogen-bond acceptors (Lipinski definition) is 4. The zero-order valence-electron chi connectivity index (χ0n) is 14.2. The molecule has 124 valence electrons. The topological polar surface area (TPSA) is 70.2 Å². The zero-order chi connectivity index (χ0) is 16.7. The van der Waals surface area contributed by atoms with Crippen molar-refractivity contribution in [3.8, 4) is 0 Å². The summed E-state index contributed by atoms with van der Waals surface area (Å²) in [4.78, 5) is 22.5. The van der Waals surface area contributed by atoms with E-state index in [1.54, 1.807) is 6.92 Å². The molecule has 0 aromatic heterocycles. The van der Waals surface area contributed by atoms with Gasteiger partial charge in [0, 0.05) is 24.4 Å². The zero-order valence-corrected chi connectivity index (χ0v) is 15.1. The number of ketones is 1. The number of amides is 2. The molecule has 0 bridgehead atoms. The Balaban J connectivity index is 3.82. The molecule has 0 saturated heterocycles. The fourth-order valence-corrected chi connectivity index (χ4v) is 2.70. The second-order valence-electron chi connectivity index (χ2n) is 7.06. The van der Waals surface area contributed by atoms with Gasteiger partial charge in [0.2, 0.25) is 0 Å². The van der Waals surface area contributed by atoms with Crippen LogP contribution in [0.1, 0.15) is 48.0 Å². The van der Waals surface area contributed by atoms with E-state index >= 15 is 0 Å². The van der Waals surface area contributed by atoms with Gasteiger partial charge in [-0.05, 0) is 25.7 Å². The van der Waals surface area contributed by atoms with Crippen molar-refractivity contribution >= 4 is 24.4 Å². The smallest absolute Gasteiger partial charge is 0.315 e. The molecule has 21 heavy (non-hydrogen) atoms. The van der Waals surface area contributed by atoms with Crippen LogP contribution in [0.25, 0.3) is 0 Å². The number of Topliss-reactive ketones (excluding diaryl/α,β-unsaturated/α-hetero) is 1. The van der Waals surface area contributed by atoms with Crippen molar-refractivity contribution < 1.29 is 9.59 Å². The van der Waals surface area contributed by atoms with Crippen LogP contribution < -0.4 is 16.0 Å². The molecule has 3 N–H and O–H groups in total. The standard InChI is InChI=1S/C15H31N3O2S/c1-11(12(2)19)18-13(20)17-8-7-16-10-14(3,4)9-15(5,6)21/h11,16,21H,7-10H2,1-6H3,(H2,17,18,20)/t11-/m1/s1. The molecule has 0 saturated carbocycles. The van der Waals surface area contributed by atoms with Crippen LogP contribution in [-0.2, 0) is 4.79 Å². The van der Waals surface area contributed by atoms with Gasteiger partial charge in [-0.1, -0.05) is 27.7 Å². The summed E-state index contributed by atoms with van der Waals surface area (Å²) in [7, 11) is 0. The first-order valence-corrected chi connectivity index (χ1v) is 7.86. The minimum absolute atomic E-state index is 0.00610. The molecule has 0 heterocycles. The highest BCUT2D eigenvalue weighted by atomic mass is 32.1. The third-order valence-corrected chi connectivity index (χ3v) is 3.22. The summed E-state index contributed by atoms with van der Waals surface area (Å²) in [6.45, 7) is 13.8.